The molecule has 3 aromatic heterocycles. The zero-order valence-corrected chi connectivity index (χ0v) is 10.9. The summed E-state index contributed by atoms with van der Waals surface area (Å²) in [5, 5.41) is 1.46. The van der Waals surface area contributed by atoms with Crippen LogP contribution in [0.5, 0.6) is 0 Å². The zero-order valence-electron chi connectivity index (χ0n) is 10.2. The Balaban J connectivity index is 2.24. The lowest BCUT2D eigenvalue weighted by Crippen LogP contribution is -1.94. The third kappa shape index (κ3) is 2.00. The van der Waals surface area contributed by atoms with Gasteiger partial charge in [-0.25, -0.2) is 4.98 Å². The van der Waals surface area contributed by atoms with Crippen molar-refractivity contribution in [2.24, 2.45) is 7.05 Å². The summed E-state index contributed by atoms with van der Waals surface area (Å²) >= 11 is 5.91. The SMILES string of the molecule is Cn1c(-c2cncc(C=O)c2)cc2ccc(Cl)nc21. The Bertz CT molecular complexity index is 779. The first-order chi connectivity index (χ1) is 9.19. The Morgan fingerprint density at radius 3 is 2.89 bits per heavy atom. The number of aromatic nitrogens is 3. The lowest BCUT2D eigenvalue weighted by molar-refractivity contribution is 0.112. The van der Waals surface area contributed by atoms with Gasteiger partial charge in [0.1, 0.15) is 10.8 Å². The third-order valence-electron chi connectivity index (χ3n) is 3.03. The van der Waals surface area contributed by atoms with Crippen molar-refractivity contribution in [3.05, 3.63) is 47.4 Å². The van der Waals surface area contributed by atoms with E-state index >= 15 is 0 Å². The molecule has 5 heteroatoms. The first-order valence-electron chi connectivity index (χ1n) is 5.71. The van der Waals surface area contributed by atoms with E-state index in [4.69, 9.17) is 11.6 Å². The molecule has 0 spiro atoms. The standard InChI is InChI=1S/C14H10ClN3O/c1-18-12(11-4-9(8-19)6-16-7-11)5-10-2-3-13(15)17-14(10)18/h2-8H,1H3. The Kier molecular flexibility index (Phi) is 2.80. The molecule has 0 fully saturated rings. The first-order valence-corrected chi connectivity index (χ1v) is 6.09. The molecule has 19 heavy (non-hydrogen) atoms. The molecule has 0 aromatic carbocycles. The smallest absolute Gasteiger partial charge is 0.151 e. The van der Waals surface area contributed by atoms with Crippen molar-refractivity contribution in [1.29, 1.82) is 0 Å². The van der Waals surface area contributed by atoms with Gasteiger partial charge < -0.3 is 4.57 Å². The van der Waals surface area contributed by atoms with Crippen LogP contribution < -0.4 is 0 Å². The van der Waals surface area contributed by atoms with Crippen molar-refractivity contribution in [2.45, 2.75) is 0 Å². The van der Waals surface area contributed by atoms with Gasteiger partial charge in [0.25, 0.3) is 0 Å². The second-order valence-electron chi connectivity index (χ2n) is 4.26. The number of aryl methyl sites for hydroxylation is 1. The fraction of sp³-hybridized carbons (Fsp3) is 0.0714. The summed E-state index contributed by atoms with van der Waals surface area (Å²) in [6.07, 6.45) is 4.05. The maximum atomic E-state index is 10.8. The molecule has 3 rings (SSSR count). The van der Waals surface area contributed by atoms with Gasteiger partial charge in [0.2, 0.25) is 0 Å². The number of hydrogen-bond acceptors (Lipinski definition) is 3. The van der Waals surface area contributed by atoms with Gasteiger partial charge in [-0.3, -0.25) is 9.78 Å². The van der Waals surface area contributed by atoms with Gasteiger partial charge in [-0.05, 0) is 24.3 Å². The van der Waals surface area contributed by atoms with Gasteiger partial charge in [-0.15, -0.1) is 0 Å². The summed E-state index contributed by atoms with van der Waals surface area (Å²) in [6.45, 7) is 0. The molecule has 3 aromatic rings. The highest BCUT2D eigenvalue weighted by Crippen LogP contribution is 2.26. The van der Waals surface area contributed by atoms with Crippen LogP contribution in [-0.4, -0.2) is 20.8 Å². The highest BCUT2D eigenvalue weighted by Gasteiger charge is 2.10. The van der Waals surface area contributed by atoms with Crippen molar-refractivity contribution in [2.75, 3.05) is 0 Å². The molecule has 0 aliphatic heterocycles. The lowest BCUT2D eigenvalue weighted by Gasteiger charge is -2.04. The normalized spacial score (nSPS) is 10.8. The fourth-order valence-corrected chi connectivity index (χ4v) is 2.26. The molecule has 94 valence electrons. The Hall–Kier alpha value is -2.20. The van der Waals surface area contributed by atoms with Gasteiger partial charge in [-0.1, -0.05) is 11.6 Å². The number of nitrogens with zero attached hydrogens (tertiary/aromatic N) is 3. The molecule has 4 nitrogen and oxygen atoms in total. The molecule has 3 heterocycles. The maximum absolute atomic E-state index is 10.8. The van der Waals surface area contributed by atoms with Crippen molar-refractivity contribution in [1.82, 2.24) is 14.5 Å². The summed E-state index contributed by atoms with van der Waals surface area (Å²) in [6, 6.07) is 7.49. The number of hydrogen-bond donors (Lipinski definition) is 0. The second-order valence-corrected chi connectivity index (χ2v) is 4.65. The van der Waals surface area contributed by atoms with Crippen molar-refractivity contribution < 1.29 is 4.79 Å². The van der Waals surface area contributed by atoms with E-state index in [9.17, 15) is 4.79 Å². The maximum Gasteiger partial charge on any atom is 0.151 e. The Morgan fingerprint density at radius 1 is 1.26 bits per heavy atom. The van der Waals surface area contributed by atoms with Crippen LogP contribution in [0, 0.1) is 0 Å². The van der Waals surface area contributed by atoms with Crippen molar-refractivity contribution in [3.8, 4) is 11.3 Å². The quantitative estimate of drug-likeness (QED) is 0.531. The van der Waals surface area contributed by atoms with E-state index in [-0.39, 0.29) is 0 Å². The highest BCUT2D eigenvalue weighted by molar-refractivity contribution is 6.29. The molecule has 0 radical (unpaired) electrons. The van der Waals surface area contributed by atoms with Crippen molar-refractivity contribution >= 4 is 28.9 Å². The van der Waals surface area contributed by atoms with E-state index in [2.05, 4.69) is 9.97 Å². The average molecular weight is 272 g/mol. The minimum Gasteiger partial charge on any atom is -0.328 e. The Morgan fingerprint density at radius 2 is 2.11 bits per heavy atom. The molecular weight excluding hydrogens is 262 g/mol. The first kappa shape index (κ1) is 11.9. The highest BCUT2D eigenvalue weighted by atomic mass is 35.5. The predicted octanol–water partition coefficient (Wildman–Crippen LogP) is 3.10. The molecule has 0 unspecified atom stereocenters. The minimum absolute atomic E-state index is 0.458. The number of halogens is 1. The number of rotatable bonds is 2. The summed E-state index contributed by atoms with van der Waals surface area (Å²) in [4.78, 5) is 19.2. The van der Waals surface area contributed by atoms with E-state index in [1.807, 2.05) is 23.7 Å². The van der Waals surface area contributed by atoms with Crippen LogP contribution in [0.1, 0.15) is 10.4 Å². The van der Waals surface area contributed by atoms with Gasteiger partial charge in [0, 0.05) is 36.0 Å². The van der Waals surface area contributed by atoms with Gasteiger partial charge in [0.15, 0.2) is 6.29 Å². The topological polar surface area (TPSA) is 47.8 Å². The molecule has 0 amide bonds. The number of aldehydes is 1. The number of carbonyl (C=O) groups excluding carboxylic acids is 1. The number of carbonyl (C=O) groups is 1. The molecule has 0 saturated carbocycles. The summed E-state index contributed by atoms with van der Waals surface area (Å²) in [7, 11) is 1.91. The van der Waals surface area contributed by atoms with Gasteiger partial charge in [0.05, 0.1) is 5.69 Å². The van der Waals surface area contributed by atoms with E-state index < -0.39 is 0 Å². The molecule has 0 N–H and O–H groups in total. The molecule has 0 aliphatic carbocycles. The predicted molar refractivity (Wildman–Crippen MR) is 74.3 cm³/mol. The minimum atomic E-state index is 0.458. The lowest BCUT2D eigenvalue weighted by atomic mass is 10.1. The second kappa shape index (κ2) is 4.48. The zero-order chi connectivity index (χ0) is 13.4. The van der Waals surface area contributed by atoms with Gasteiger partial charge >= 0.3 is 0 Å². The van der Waals surface area contributed by atoms with Crippen LogP contribution in [0.2, 0.25) is 5.15 Å². The molecule has 0 aliphatic rings. The van der Waals surface area contributed by atoms with Crippen LogP contribution in [0.15, 0.2) is 36.7 Å². The molecule has 0 saturated heterocycles. The summed E-state index contributed by atoms with van der Waals surface area (Å²) in [5.74, 6) is 0. The Labute approximate surface area is 114 Å². The van der Waals surface area contributed by atoms with Crippen molar-refractivity contribution in [3.63, 3.8) is 0 Å². The van der Waals surface area contributed by atoms with Crippen LogP contribution in [0.25, 0.3) is 22.3 Å². The van der Waals surface area contributed by atoms with E-state index in [0.29, 0.717) is 10.7 Å². The largest absolute Gasteiger partial charge is 0.328 e. The molecular formula is C14H10ClN3O. The fourth-order valence-electron chi connectivity index (χ4n) is 2.11. The molecule has 0 atom stereocenters. The average Bonchev–Trinajstić information content (AvgIpc) is 2.76. The van der Waals surface area contributed by atoms with Crippen LogP contribution >= 0.6 is 11.6 Å². The van der Waals surface area contributed by atoms with Crippen LogP contribution in [0.3, 0.4) is 0 Å². The van der Waals surface area contributed by atoms with E-state index in [1.165, 1.54) is 6.20 Å². The van der Waals surface area contributed by atoms with Crippen LogP contribution in [0.4, 0.5) is 0 Å². The number of fused-ring (bicyclic) bond motifs is 1. The van der Waals surface area contributed by atoms with Gasteiger partial charge in [-0.2, -0.15) is 0 Å². The number of pyridine rings is 2. The van der Waals surface area contributed by atoms with E-state index in [0.717, 1.165) is 28.6 Å². The third-order valence-corrected chi connectivity index (χ3v) is 3.24. The van der Waals surface area contributed by atoms with Crippen LogP contribution in [-0.2, 0) is 7.05 Å². The summed E-state index contributed by atoms with van der Waals surface area (Å²) < 4.78 is 1.94. The monoisotopic (exact) mass is 271 g/mol. The molecule has 0 bridgehead atoms. The van der Waals surface area contributed by atoms with E-state index in [1.54, 1.807) is 18.3 Å². The summed E-state index contributed by atoms with van der Waals surface area (Å²) in [5.41, 5.74) is 3.18.